The number of aliphatic hydroxyl groups is 1. The largest absolute Gasteiger partial charge is 0.394 e. The van der Waals surface area contributed by atoms with Gasteiger partial charge in [-0.2, -0.15) is 0 Å². The number of carbonyl (C=O) groups is 1. The lowest BCUT2D eigenvalue weighted by atomic mass is 9.76. The van der Waals surface area contributed by atoms with Gasteiger partial charge in [0, 0.05) is 5.92 Å². The summed E-state index contributed by atoms with van der Waals surface area (Å²) in [6.45, 7) is 3.94. The third-order valence-corrected chi connectivity index (χ3v) is 3.94. The summed E-state index contributed by atoms with van der Waals surface area (Å²) in [6, 6.07) is 0. The second-order valence-electron chi connectivity index (χ2n) is 4.99. The highest BCUT2D eigenvalue weighted by Crippen LogP contribution is 2.32. The SMILES string of the molecule is CC(C(=O)NC1(CO)CCC1)C1CNC1. The van der Waals surface area contributed by atoms with E-state index in [9.17, 15) is 9.90 Å². The summed E-state index contributed by atoms with van der Waals surface area (Å²) in [5, 5.41) is 15.4. The molecule has 1 atom stereocenters. The molecule has 1 saturated carbocycles. The predicted molar refractivity (Wildman–Crippen MR) is 57.3 cm³/mol. The maximum absolute atomic E-state index is 11.9. The number of amides is 1. The minimum atomic E-state index is -0.289. The molecule has 1 amide bonds. The van der Waals surface area contributed by atoms with Crippen LogP contribution >= 0.6 is 0 Å². The Morgan fingerprint density at radius 2 is 2.27 bits per heavy atom. The van der Waals surface area contributed by atoms with Crippen LogP contribution < -0.4 is 10.6 Å². The molecule has 0 aromatic rings. The molecule has 15 heavy (non-hydrogen) atoms. The molecule has 1 aliphatic heterocycles. The Morgan fingerprint density at radius 3 is 2.60 bits per heavy atom. The van der Waals surface area contributed by atoms with E-state index >= 15 is 0 Å². The number of carbonyl (C=O) groups excluding carboxylic acids is 1. The van der Waals surface area contributed by atoms with Crippen LogP contribution in [0.2, 0.25) is 0 Å². The average Bonchev–Trinajstić information content (AvgIpc) is 2.08. The van der Waals surface area contributed by atoms with Crippen molar-refractivity contribution in [2.45, 2.75) is 31.7 Å². The van der Waals surface area contributed by atoms with Crippen LogP contribution in [-0.4, -0.2) is 36.2 Å². The van der Waals surface area contributed by atoms with Gasteiger partial charge >= 0.3 is 0 Å². The summed E-state index contributed by atoms with van der Waals surface area (Å²) in [6.07, 6.45) is 2.95. The lowest BCUT2D eigenvalue weighted by molar-refractivity contribution is -0.130. The molecule has 86 valence electrons. The van der Waals surface area contributed by atoms with Crippen molar-refractivity contribution in [3.63, 3.8) is 0 Å². The molecule has 1 heterocycles. The van der Waals surface area contributed by atoms with E-state index in [1.54, 1.807) is 0 Å². The molecular formula is C11H20N2O2. The standard InChI is InChI=1S/C11H20N2O2/c1-8(9-5-12-6-9)10(15)13-11(7-14)3-2-4-11/h8-9,12,14H,2-7H2,1H3,(H,13,15). The van der Waals surface area contributed by atoms with Crippen LogP contribution in [0.4, 0.5) is 0 Å². The fourth-order valence-electron chi connectivity index (χ4n) is 2.18. The molecule has 0 spiro atoms. The highest BCUT2D eigenvalue weighted by molar-refractivity contribution is 5.79. The zero-order chi connectivity index (χ0) is 10.9. The van der Waals surface area contributed by atoms with Crippen LogP contribution in [0.25, 0.3) is 0 Å². The van der Waals surface area contributed by atoms with Crippen LogP contribution in [-0.2, 0) is 4.79 Å². The van der Waals surface area contributed by atoms with Crippen LogP contribution in [0, 0.1) is 11.8 Å². The summed E-state index contributed by atoms with van der Waals surface area (Å²) in [7, 11) is 0. The second kappa shape index (κ2) is 4.10. The number of rotatable bonds is 4. The third kappa shape index (κ3) is 2.01. The first kappa shape index (κ1) is 10.9. The summed E-state index contributed by atoms with van der Waals surface area (Å²) in [4.78, 5) is 11.9. The lowest BCUT2D eigenvalue weighted by Crippen LogP contribution is -2.59. The number of hydrogen-bond acceptors (Lipinski definition) is 3. The highest BCUT2D eigenvalue weighted by Gasteiger charge is 2.40. The fourth-order valence-corrected chi connectivity index (χ4v) is 2.18. The van der Waals surface area contributed by atoms with Crippen molar-refractivity contribution in [2.75, 3.05) is 19.7 Å². The van der Waals surface area contributed by atoms with E-state index < -0.39 is 0 Å². The van der Waals surface area contributed by atoms with Gasteiger partial charge in [-0.25, -0.2) is 0 Å². The molecule has 0 aromatic carbocycles. The van der Waals surface area contributed by atoms with Gasteiger partial charge in [0.1, 0.15) is 0 Å². The Morgan fingerprint density at radius 1 is 1.60 bits per heavy atom. The Hall–Kier alpha value is -0.610. The number of nitrogens with one attached hydrogen (secondary N) is 2. The molecule has 3 N–H and O–H groups in total. The Labute approximate surface area is 90.4 Å². The van der Waals surface area contributed by atoms with Gasteiger partial charge in [-0.1, -0.05) is 6.92 Å². The van der Waals surface area contributed by atoms with Crippen molar-refractivity contribution >= 4 is 5.91 Å². The minimum absolute atomic E-state index is 0.0651. The zero-order valence-corrected chi connectivity index (χ0v) is 9.25. The van der Waals surface area contributed by atoms with Crippen LogP contribution in [0.15, 0.2) is 0 Å². The van der Waals surface area contributed by atoms with E-state index in [1.165, 1.54) is 0 Å². The van der Waals surface area contributed by atoms with Gasteiger partial charge in [0.15, 0.2) is 0 Å². The van der Waals surface area contributed by atoms with Crippen molar-refractivity contribution < 1.29 is 9.90 Å². The fraction of sp³-hybridized carbons (Fsp3) is 0.909. The summed E-state index contributed by atoms with van der Waals surface area (Å²) >= 11 is 0. The van der Waals surface area contributed by atoms with Crippen LogP contribution in [0.3, 0.4) is 0 Å². The molecule has 0 aromatic heterocycles. The summed E-state index contributed by atoms with van der Waals surface area (Å²) < 4.78 is 0. The van der Waals surface area contributed by atoms with Crippen molar-refractivity contribution in [1.82, 2.24) is 10.6 Å². The van der Waals surface area contributed by atoms with E-state index in [0.717, 1.165) is 32.4 Å². The maximum Gasteiger partial charge on any atom is 0.223 e. The number of aliphatic hydroxyl groups excluding tert-OH is 1. The van der Waals surface area contributed by atoms with Crippen molar-refractivity contribution in [3.8, 4) is 0 Å². The first-order valence-corrected chi connectivity index (χ1v) is 5.80. The Balaban J connectivity index is 1.85. The topological polar surface area (TPSA) is 61.4 Å². The molecule has 4 heteroatoms. The van der Waals surface area contributed by atoms with E-state index in [2.05, 4.69) is 10.6 Å². The first-order chi connectivity index (χ1) is 7.17. The Bertz CT molecular complexity index is 241. The molecule has 1 unspecified atom stereocenters. The molecule has 2 aliphatic rings. The normalized spacial score (nSPS) is 26.3. The first-order valence-electron chi connectivity index (χ1n) is 5.80. The van der Waals surface area contributed by atoms with Gasteiger partial charge in [-0.05, 0) is 38.3 Å². The summed E-state index contributed by atoms with van der Waals surface area (Å²) in [5.74, 6) is 0.645. The van der Waals surface area contributed by atoms with Gasteiger partial charge in [0.25, 0.3) is 0 Å². The van der Waals surface area contributed by atoms with Crippen molar-refractivity contribution in [2.24, 2.45) is 11.8 Å². The van der Waals surface area contributed by atoms with Crippen molar-refractivity contribution in [1.29, 1.82) is 0 Å². The van der Waals surface area contributed by atoms with Gasteiger partial charge in [0.2, 0.25) is 5.91 Å². The van der Waals surface area contributed by atoms with Crippen molar-refractivity contribution in [3.05, 3.63) is 0 Å². The Kier molecular flexibility index (Phi) is 2.98. The molecule has 4 nitrogen and oxygen atoms in total. The average molecular weight is 212 g/mol. The maximum atomic E-state index is 11.9. The smallest absolute Gasteiger partial charge is 0.223 e. The molecule has 0 radical (unpaired) electrons. The van der Waals surface area contributed by atoms with Crippen LogP contribution in [0.1, 0.15) is 26.2 Å². The van der Waals surface area contributed by atoms with E-state index in [-0.39, 0.29) is 24.0 Å². The lowest BCUT2D eigenvalue weighted by Gasteiger charge is -2.42. The van der Waals surface area contributed by atoms with Gasteiger partial charge in [-0.3, -0.25) is 4.79 Å². The summed E-state index contributed by atoms with van der Waals surface area (Å²) in [5.41, 5.74) is -0.289. The van der Waals surface area contributed by atoms with E-state index in [4.69, 9.17) is 0 Å². The highest BCUT2D eigenvalue weighted by atomic mass is 16.3. The molecule has 1 aliphatic carbocycles. The van der Waals surface area contributed by atoms with E-state index in [0.29, 0.717) is 5.92 Å². The quantitative estimate of drug-likeness (QED) is 0.608. The predicted octanol–water partition coefficient (Wildman–Crippen LogP) is -0.127. The van der Waals surface area contributed by atoms with Crippen LogP contribution in [0.5, 0.6) is 0 Å². The minimum Gasteiger partial charge on any atom is -0.394 e. The molecule has 1 saturated heterocycles. The zero-order valence-electron chi connectivity index (χ0n) is 9.25. The molecule has 0 bridgehead atoms. The third-order valence-electron chi connectivity index (χ3n) is 3.94. The van der Waals surface area contributed by atoms with E-state index in [1.807, 2.05) is 6.92 Å². The molecule has 2 rings (SSSR count). The van der Waals surface area contributed by atoms with Gasteiger partial charge < -0.3 is 15.7 Å². The molecule has 2 fully saturated rings. The second-order valence-corrected chi connectivity index (χ2v) is 4.99. The van der Waals surface area contributed by atoms with Gasteiger partial charge in [0.05, 0.1) is 12.1 Å². The molecular weight excluding hydrogens is 192 g/mol. The monoisotopic (exact) mass is 212 g/mol. The van der Waals surface area contributed by atoms with Gasteiger partial charge in [-0.15, -0.1) is 0 Å². The number of hydrogen-bond donors (Lipinski definition) is 3.